The van der Waals surface area contributed by atoms with Crippen molar-refractivity contribution >= 4 is 21.4 Å². The molecule has 3 rings (SSSR count). The third-order valence-electron chi connectivity index (χ3n) is 4.49. The zero-order valence-electron chi connectivity index (χ0n) is 14.5. The second kappa shape index (κ2) is 7.59. The van der Waals surface area contributed by atoms with Crippen molar-refractivity contribution in [2.45, 2.75) is 11.8 Å². The van der Waals surface area contributed by atoms with E-state index in [1.807, 2.05) is 12.1 Å². The maximum atomic E-state index is 13.9. The molecule has 0 aliphatic carbocycles. The van der Waals surface area contributed by atoms with E-state index in [1.54, 1.807) is 12.1 Å². The van der Waals surface area contributed by atoms with Gasteiger partial charge in [0.05, 0.1) is 11.4 Å². The monoisotopic (exact) mass is 381 g/mol. The van der Waals surface area contributed by atoms with Crippen molar-refractivity contribution in [2.75, 3.05) is 42.3 Å². The molecule has 1 heterocycles. The number of likely N-dealkylation sites (N-methyl/N-ethyl adjacent to an activating group) is 1. The summed E-state index contributed by atoms with van der Waals surface area (Å²) < 4.78 is 54.5. The number of benzene rings is 2. The fourth-order valence-electron chi connectivity index (χ4n) is 3.03. The molecule has 140 valence electrons. The lowest BCUT2D eigenvalue weighted by molar-refractivity contribution is 0.271. The molecule has 8 heteroatoms. The summed E-state index contributed by atoms with van der Waals surface area (Å²) in [7, 11) is -4.17. The van der Waals surface area contributed by atoms with Gasteiger partial charge in [-0.25, -0.2) is 17.2 Å². The van der Waals surface area contributed by atoms with Crippen LogP contribution in [0.15, 0.2) is 47.4 Å². The number of hydrogen-bond donors (Lipinski definition) is 1. The van der Waals surface area contributed by atoms with Crippen molar-refractivity contribution in [3.8, 4) is 0 Å². The zero-order chi connectivity index (χ0) is 18.7. The largest absolute Gasteiger partial charge is 0.367 e. The Bertz CT molecular complexity index is 882. The number of piperazine rings is 1. The minimum atomic E-state index is -4.17. The molecule has 1 N–H and O–H groups in total. The van der Waals surface area contributed by atoms with Gasteiger partial charge in [0.1, 0.15) is 16.5 Å². The Balaban J connectivity index is 1.86. The molecule has 5 nitrogen and oxygen atoms in total. The topological polar surface area (TPSA) is 52.6 Å². The first kappa shape index (κ1) is 18.6. The Labute approximate surface area is 152 Å². The number of nitrogens with one attached hydrogen (secondary N) is 1. The van der Waals surface area contributed by atoms with E-state index in [-0.39, 0.29) is 0 Å². The molecule has 0 amide bonds. The molecule has 26 heavy (non-hydrogen) atoms. The van der Waals surface area contributed by atoms with Gasteiger partial charge in [0, 0.05) is 32.2 Å². The second-order valence-corrected chi connectivity index (χ2v) is 7.77. The molecular formula is C18H21F2N3O2S. The van der Waals surface area contributed by atoms with Crippen LogP contribution in [0.2, 0.25) is 0 Å². The highest BCUT2D eigenvalue weighted by Gasteiger charge is 2.23. The summed E-state index contributed by atoms with van der Waals surface area (Å²) in [6.45, 7) is 6.42. The summed E-state index contributed by atoms with van der Waals surface area (Å²) in [4.78, 5) is 3.84. The summed E-state index contributed by atoms with van der Waals surface area (Å²) in [6.07, 6.45) is 0. The molecule has 1 fully saturated rings. The van der Waals surface area contributed by atoms with Crippen LogP contribution < -0.4 is 9.62 Å². The van der Waals surface area contributed by atoms with E-state index in [4.69, 9.17) is 0 Å². The molecule has 0 bridgehead atoms. The Morgan fingerprint density at radius 3 is 2.38 bits per heavy atom. The van der Waals surface area contributed by atoms with E-state index in [1.165, 1.54) is 0 Å². The Hall–Kier alpha value is -2.19. The van der Waals surface area contributed by atoms with Gasteiger partial charge in [-0.3, -0.25) is 4.72 Å². The van der Waals surface area contributed by atoms with E-state index in [0.29, 0.717) is 11.8 Å². The van der Waals surface area contributed by atoms with E-state index in [0.717, 1.165) is 50.5 Å². The maximum Gasteiger partial charge on any atom is 0.264 e. The molecule has 1 aliphatic rings. The first-order valence-corrected chi connectivity index (χ1v) is 9.93. The van der Waals surface area contributed by atoms with Crippen LogP contribution in [0.4, 0.5) is 20.2 Å². The summed E-state index contributed by atoms with van der Waals surface area (Å²) in [5, 5.41) is 0. The number of nitrogens with zero attached hydrogens (tertiary/aromatic N) is 2. The number of anilines is 2. The molecule has 0 spiro atoms. The fraction of sp³-hybridized carbons (Fsp3) is 0.333. The minimum absolute atomic E-state index is 0.376. The molecule has 0 unspecified atom stereocenters. The predicted molar refractivity (Wildman–Crippen MR) is 97.9 cm³/mol. The molecule has 2 aromatic rings. The van der Waals surface area contributed by atoms with Crippen molar-refractivity contribution < 1.29 is 17.2 Å². The number of halogens is 2. The summed E-state index contributed by atoms with van der Waals surface area (Å²) >= 11 is 0. The average Bonchev–Trinajstić information content (AvgIpc) is 2.61. The lowest BCUT2D eigenvalue weighted by Gasteiger charge is -2.36. The van der Waals surface area contributed by atoms with Crippen LogP contribution in [-0.2, 0) is 10.0 Å². The average molecular weight is 381 g/mol. The Morgan fingerprint density at radius 1 is 1.04 bits per heavy atom. The SMILES string of the molecule is CCN1CCN(c2ccccc2NS(=O)(=O)c2ccc(F)cc2F)CC1. The molecular weight excluding hydrogens is 360 g/mol. The van der Waals surface area contributed by atoms with E-state index < -0.39 is 26.6 Å². The second-order valence-electron chi connectivity index (χ2n) is 6.12. The molecule has 0 radical (unpaired) electrons. The highest BCUT2D eigenvalue weighted by atomic mass is 32.2. The quantitative estimate of drug-likeness (QED) is 0.865. The van der Waals surface area contributed by atoms with Gasteiger partial charge in [0.25, 0.3) is 10.0 Å². The summed E-state index contributed by atoms with van der Waals surface area (Å²) in [6, 6.07) is 9.43. The standard InChI is InChI=1S/C18H21F2N3O2S/c1-2-22-9-11-23(12-10-22)17-6-4-3-5-16(17)21-26(24,25)18-8-7-14(19)13-15(18)20/h3-8,13,21H,2,9-12H2,1H3. The van der Waals surface area contributed by atoms with E-state index in [2.05, 4.69) is 21.4 Å². The first-order valence-electron chi connectivity index (χ1n) is 8.45. The van der Waals surface area contributed by atoms with Crippen molar-refractivity contribution in [3.63, 3.8) is 0 Å². The lowest BCUT2D eigenvalue weighted by Crippen LogP contribution is -2.46. The molecule has 0 saturated carbocycles. The Kier molecular flexibility index (Phi) is 5.43. The van der Waals surface area contributed by atoms with Crippen LogP contribution in [-0.4, -0.2) is 46.0 Å². The summed E-state index contributed by atoms with van der Waals surface area (Å²) in [5.74, 6) is -1.94. The van der Waals surface area contributed by atoms with Gasteiger partial charge in [-0.1, -0.05) is 19.1 Å². The molecule has 2 aromatic carbocycles. The van der Waals surface area contributed by atoms with Crippen LogP contribution in [0.25, 0.3) is 0 Å². The lowest BCUT2D eigenvalue weighted by atomic mass is 10.2. The van der Waals surface area contributed by atoms with Crippen LogP contribution >= 0.6 is 0 Å². The minimum Gasteiger partial charge on any atom is -0.367 e. The zero-order valence-corrected chi connectivity index (χ0v) is 15.3. The van der Waals surface area contributed by atoms with Gasteiger partial charge in [-0.15, -0.1) is 0 Å². The van der Waals surface area contributed by atoms with Crippen molar-refractivity contribution in [2.24, 2.45) is 0 Å². The van der Waals surface area contributed by atoms with Gasteiger partial charge in [-0.05, 0) is 30.8 Å². The number of hydrogen-bond acceptors (Lipinski definition) is 4. The van der Waals surface area contributed by atoms with Crippen molar-refractivity contribution in [1.29, 1.82) is 0 Å². The van der Waals surface area contributed by atoms with E-state index >= 15 is 0 Å². The van der Waals surface area contributed by atoms with Crippen LogP contribution in [0, 0.1) is 11.6 Å². The van der Waals surface area contributed by atoms with Gasteiger partial charge in [0.15, 0.2) is 0 Å². The number of sulfonamides is 1. The third kappa shape index (κ3) is 3.96. The molecule has 0 aromatic heterocycles. The van der Waals surface area contributed by atoms with Crippen LogP contribution in [0.5, 0.6) is 0 Å². The highest BCUT2D eigenvalue weighted by molar-refractivity contribution is 7.92. The molecule has 1 saturated heterocycles. The van der Waals surface area contributed by atoms with Gasteiger partial charge in [0.2, 0.25) is 0 Å². The van der Waals surface area contributed by atoms with Crippen LogP contribution in [0.1, 0.15) is 6.92 Å². The number of rotatable bonds is 5. The maximum absolute atomic E-state index is 13.9. The smallest absolute Gasteiger partial charge is 0.264 e. The number of para-hydroxylation sites is 2. The molecule has 1 aliphatic heterocycles. The van der Waals surface area contributed by atoms with Crippen LogP contribution in [0.3, 0.4) is 0 Å². The Morgan fingerprint density at radius 2 is 1.73 bits per heavy atom. The normalized spacial score (nSPS) is 15.9. The third-order valence-corrected chi connectivity index (χ3v) is 5.89. The highest BCUT2D eigenvalue weighted by Crippen LogP contribution is 2.29. The van der Waals surface area contributed by atoms with Crippen molar-refractivity contribution in [3.05, 3.63) is 54.1 Å². The van der Waals surface area contributed by atoms with Gasteiger partial charge in [-0.2, -0.15) is 0 Å². The molecule has 0 atom stereocenters. The summed E-state index contributed by atoms with van der Waals surface area (Å²) in [5.41, 5.74) is 1.12. The van der Waals surface area contributed by atoms with E-state index in [9.17, 15) is 17.2 Å². The van der Waals surface area contributed by atoms with Gasteiger partial charge >= 0.3 is 0 Å². The fourth-order valence-corrected chi connectivity index (χ4v) is 4.17. The first-order chi connectivity index (χ1) is 12.4. The van der Waals surface area contributed by atoms with Gasteiger partial charge < -0.3 is 9.80 Å². The van der Waals surface area contributed by atoms with Crippen molar-refractivity contribution in [1.82, 2.24) is 4.90 Å². The predicted octanol–water partition coefficient (Wildman–Crippen LogP) is 2.91.